The molecule has 28 heavy (non-hydrogen) atoms. The Hall–Kier alpha value is -3.54. The number of imidazole rings is 1. The van der Waals surface area contributed by atoms with E-state index in [0.29, 0.717) is 34.9 Å². The summed E-state index contributed by atoms with van der Waals surface area (Å²) >= 11 is 0. The van der Waals surface area contributed by atoms with Crippen molar-refractivity contribution < 1.29 is 13.9 Å². The molecule has 0 unspecified atom stereocenters. The molecule has 1 aromatic heterocycles. The molecule has 142 valence electrons. The predicted octanol–water partition coefficient (Wildman–Crippen LogP) is 5.00. The van der Waals surface area contributed by atoms with Crippen LogP contribution in [0.5, 0.6) is 11.5 Å². The van der Waals surface area contributed by atoms with Crippen molar-refractivity contribution in [3.63, 3.8) is 0 Å². The van der Waals surface area contributed by atoms with Gasteiger partial charge in [-0.15, -0.1) is 0 Å². The van der Waals surface area contributed by atoms with Crippen LogP contribution in [0.25, 0.3) is 22.2 Å². The highest BCUT2D eigenvalue weighted by atomic mass is 19.1. The number of ether oxygens (including phenoxy) is 2. The molecule has 0 aliphatic heterocycles. The van der Waals surface area contributed by atoms with Crippen LogP contribution in [0.1, 0.15) is 5.56 Å². The van der Waals surface area contributed by atoms with Gasteiger partial charge in [0.25, 0.3) is 0 Å². The molecule has 6 heteroatoms. The molecule has 0 saturated heterocycles. The molecule has 1 heterocycles. The summed E-state index contributed by atoms with van der Waals surface area (Å²) in [6, 6.07) is 16.4. The zero-order valence-corrected chi connectivity index (χ0v) is 15.6. The van der Waals surface area contributed by atoms with Gasteiger partial charge in [-0.2, -0.15) is 0 Å². The number of aromatic amines is 1. The first-order chi connectivity index (χ1) is 13.7. The molecule has 3 aromatic carbocycles. The first-order valence-electron chi connectivity index (χ1n) is 8.86. The second kappa shape index (κ2) is 7.60. The van der Waals surface area contributed by atoms with Crippen LogP contribution < -0.4 is 14.8 Å². The van der Waals surface area contributed by atoms with E-state index in [1.54, 1.807) is 38.7 Å². The Balaban J connectivity index is 1.66. The van der Waals surface area contributed by atoms with Crippen molar-refractivity contribution in [2.45, 2.75) is 6.54 Å². The fraction of sp³-hybridized carbons (Fsp3) is 0.136. The fourth-order valence-corrected chi connectivity index (χ4v) is 3.24. The molecule has 0 bridgehead atoms. The molecular weight excluding hydrogens is 357 g/mol. The fourth-order valence-electron chi connectivity index (χ4n) is 3.24. The third-order valence-electron chi connectivity index (χ3n) is 4.65. The average Bonchev–Trinajstić information content (AvgIpc) is 3.19. The number of anilines is 1. The van der Waals surface area contributed by atoms with E-state index in [1.165, 1.54) is 6.07 Å². The Morgan fingerprint density at radius 3 is 2.68 bits per heavy atom. The number of methoxy groups -OCH3 is 2. The van der Waals surface area contributed by atoms with Crippen LogP contribution in [-0.2, 0) is 6.54 Å². The Morgan fingerprint density at radius 2 is 1.86 bits per heavy atom. The summed E-state index contributed by atoms with van der Waals surface area (Å²) in [5, 5.41) is 3.34. The minimum Gasteiger partial charge on any atom is -0.493 e. The zero-order valence-electron chi connectivity index (χ0n) is 15.6. The van der Waals surface area contributed by atoms with Gasteiger partial charge in [0.15, 0.2) is 11.5 Å². The summed E-state index contributed by atoms with van der Waals surface area (Å²) in [6.07, 6.45) is 1.67. The van der Waals surface area contributed by atoms with Crippen LogP contribution >= 0.6 is 0 Å². The maximum Gasteiger partial charge on any atom is 0.161 e. The van der Waals surface area contributed by atoms with E-state index in [-0.39, 0.29) is 5.82 Å². The second-order valence-electron chi connectivity index (χ2n) is 6.34. The van der Waals surface area contributed by atoms with E-state index in [1.807, 2.05) is 30.3 Å². The Bertz CT molecular complexity index is 1120. The number of hydrogen-bond donors (Lipinski definition) is 2. The summed E-state index contributed by atoms with van der Waals surface area (Å²) in [5.41, 5.74) is 4.85. The Morgan fingerprint density at radius 1 is 1.00 bits per heavy atom. The zero-order chi connectivity index (χ0) is 19.5. The van der Waals surface area contributed by atoms with Gasteiger partial charge in [-0.1, -0.05) is 18.2 Å². The van der Waals surface area contributed by atoms with Gasteiger partial charge in [-0.3, -0.25) is 0 Å². The van der Waals surface area contributed by atoms with Gasteiger partial charge in [0.1, 0.15) is 5.82 Å². The van der Waals surface area contributed by atoms with Crippen molar-refractivity contribution >= 4 is 16.7 Å². The monoisotopic (exact) mass is 377 g/mol. The quantitative estimate of drug-likeness (QED) is 0.497. The van der Waals surface area contributed by atoms with E-state index in [4.69, 9.17) is 9.47 Å². The van der Waals surface area contributed by atoms with Gasteiger partial charge in [0.2, 0.25) is 0 Å². The highest BCUT2D eigenvalue weighted by Crippen LogP contribution is 2.37. The van der Waals surface area contributed by atoms with Crippen LogP contribution in [0, 0.1) is 5.82 Å². The number of hydrogen-bond acceptors (Lipinski definition) is 4. The molecule has 0 fully saturated rings. The number of benzene rings is 3. The molecule has 0 atom stereocenters. The normalized spacial score (nSPS) is 10.8. The maximum absolute atomic E-state index is 14.7. The van der Waals surface area contributed by atoms with Gasteiger partial charge in [-0.25, -0.2) is 9.37 Å². The maximum atomic E-state index is 14.7. The molecule has 0 aliphatic rings. The summed E-state index contributed by atoms with van der Waals surface area (Å²) < 4.78 is 25.4. The van der Waals surface area contributed by atoms with E-state index in [9.17, 15) is 4.39 Å². The second-order valence-corrected chi connectivity index (χ2v) is 6.34. The number of nitrogens with one attached hydrogen (secondary N) is 2. The standard InChI is InChI=1S/C22H20FN3O2/c1-27-20-9-7-15(11-21(20)28-2)22-16(23)4-3-5-18(22)24-12-14-6-8-17-19(10-14)26-13-25-17/h3-11,13,24H,12H2,1-2H3,(H,25,26). The van der Waals surface area contributed by atoms with Crippen LogP contribution in [0.3, 0.4) is 0 Å². The third-order valence-corrected chi connectivity index (χ3v) is 4.65. The largest absolute Gasteiger partial charge is 0.493 e. The van der Waals surface area contributed by atoms with Gasteiger partial charge < -0.3 is 19.8 Å². The van der Waals surface area contributed by atoms with E-state index in [0.717, 1.165) is 16.6 Å². The highest BCUT2D eigenvalue weighted by molar-refractivity contribution is 5.80. The molecule has 4 rings (SSSR count). The number of halogens is 1. The molecule has 0 amide bonds. The minimum absolute atomic E-state index is 0.306. The van der Waals surface area contributed by atoms with Crippen LogP contribution in [0.15, 0.2) is 60.9 Å². The van der Waals surface area contributed by atoms with Crippen molar-refractivity contribution in [2.75, 3.05) is 19.5 Å². The van der Waals surface area contributed by atoms with E-state index >= 15 is 0 Å². The van der Waals surface area contributed by atoms with Gasteiger partial charge in [-0.05, 0) is 47.5 Å². The van der Waals surface area contributed by atoms with Gasteiger partial charge >= 0.3 is 0 Å². The molecule has 0 spiro atoms. The van der Waals surface area contributed by atoms with Crippen LogP contribution in [0.2, 0.25) is 0 Å². The molecule has 5 nitrogen and oxygen atoms in total. The van der Waals surface area contributed by atoms with Crippen LogP contribution in [-0.4, -0.2) is 24.2 Å². The Kier molecular flexibility index (Phi) is 4.85. The van der Waals surface area contributed by atoms with Crippen molar-refractivity contribution in [1.29, 1.82) is 0 Å². The molecule has 0 aliphatic carbocycles. The van der Waals surface area contributed by atoms with E-state index < -0.39 is 0 Å². The number of nitrogens with zero attached hydrogens (tertiary/aromatic N) is 1. The molecule has 2 N–H and O–H groups in total. The van der Waals surface area contributed by atoms with Crippen molar-refractivity contribution in [3.05, 3.63) is 72.3 Å². The highest BCUT2D eigenvalue weighted by Gasteiger charge is 2.14. The lowest BCUT2D eigenvalue weighted by Gasteiger charge is -2.15. The number of H-pyrrole nitrogens is 1. The average molecular weight is 377 g/mol. The van der Waals surface area contributed by atoms with Crippen molar-refractivity contribution in [3.8, 4) is 22.6 Å². The number of fused-ring (bicyclic) bond motifs is 1. The lowest BCUT2D eigenvalue weighted by molar-refractivity contribution is 0.355. The van der Waals surface area contributed by atoms with E-state index in [2.05, 4.69) is 15.3 Å². The molecular formula is C22H20FN3O2. The third kappa shape index (κ3) is 3.36. The lowest BCUT2D eigenvalue weighted by atomic mass is 10.0. The first-order valence-corrected chi connectivity index (χ1v) is 8.86. The van der Waals surface area contributed by atoms with Crippen molar-refractivity contribution in [1.82, 2.24) is 9.97 Å². The summed E-state index contributed by atoms with van der Waals surface area (Å²) in [5.74, 6) is 0.850. The predicted molar refractivity (Wildman–Crippen MR) is 108 cm³/mol. The van der Waals surface area contributed by atoms with Gasteiger partial charge in [0, 0.05) is 17.8 Å². The minimum atomic E-state index is -0.306. The topological polar surface area (TPSA) is 59.2 Å². The smallest absolute Gasteiger partial charge is 0.161 e. The molecule has 0 radical (unpaired) electrons. The molecule has 4 aromatic rings. The summed E-state index contributed by atoms with van der Waals surface area (Å²) in [6.45, 7) is 0.548. The number of aromatic nitrogens is 2. The summed E-state index contributed by atoms with van der Waals surface area (Å²) in [4.78, 5) is 7.36. The lowest BCUT2D eigenvalue weighted by Crippen LogP contribution is -2.02. The van der Waals surface area contributed by atoms with Crippen molar-refractivity contribution in [2.24, 2.45) is 0 Å². The first kappa shape index (κ1) is 17.9. The summed E-state index contributed by atoms with van der Waals surface area (Å²) in [7, 11) is 3.14. The Labute approximate surface area is 162 Å². The number of rotatable bonds is 6. The van der Waals surface area contributed by atoms with Gasteiger partial charge in [0.05, 0.1) is 31.6 Å². The molecule has 0 saturated carbocycles. The van der Waals surface area contributed by atoms with Crippen LogP contribution in [0.4, 0.5) is 10.1 Å². The SMILES string of the molecule is COc1ccc(-c2c(F)cccc2NCc2ccc3[nH]cnc3c2)cc1OC.